The van der Waals surface area contributed by atoms with Gasteiger partial charge in [-0.1, -0.05) is 73.9 Å². The highest BCUT2D eigenvalue weighted by atomic mass is 16.5. The van der Waals surface area contributed by atoms with E-state index in [-0.39, 0.29) is 11.5 Å². The third-order valence-corrected chi connectivity index (χ3v) is 5.25. The van der Waals surface area contributed by atoms with Gasteiger partial charge in [0.05, 0.1) is 13.5 Å². The molecular formula is C22H27NO2. The van der Waals surface area contributed by atoms with Crippen LogP contribution in [0.2, 0.25) is 0 Å². The molecule has 3 rings (SSSR count). The van der Waals surface area contributed by atoms with Crippen LogP contribution in [-0.2, 0) is 16.1 Å². The van der Waals surface area contributed by atoms with Crippen LogP contribution >= 0.6 is 0 Å². The Kier molecular flexibility index (Phi) is 5.87. The maximum Gasteiger partial charge on any atom is 0.307 e. The molecule has 0 spiro atoms. The van der Waals surface area contributed by atoms with Gasteiger partial charge in [0.2, 0.25) is 0 Å². The highest BCUT2D eigenvalue weighted by Crippen LogP contribution is 2.32. The minimum absolute atomic E-state index is 0.108. The number of benzene rings is 2. The van der Waals surface area contributed by atoms with E-state index < -0.39 is 0 Å². The van der Waals surface area contributed by atoms with Crippen LogP contribution in [0.4, 0.5) is 0 Å². The highest BCUT2D eigenvalue weighted by molar-refractivity contribution is 5.70. The average molecular weight is 337 g/mol. The van der Waals surface area contributed by atoms with Gasteiger partial charge in [-0.2, -0.15) is 0 Å². The minimum atomic E-state index is -0.117. The zero-order chi connectivity index (χ0) is 17.5. The van der Waals surface area contributed by atoms with Crippen molar-refractivity contribution in [3.05, 3.63) is 60.2 Å². The summed E-state index contributed by atoms with van der Waals surface area (Å²) in [5, 5.41) is 3.68. The molecule has 0 radical (unpaired) electrons. The number of esters is 1. The van der Waals surface area contributed by atoms with Crippen molar-refractivity contribution >= 4 is 5.97 Å². The predicted octanol–water partition coefficient (Wildman–Crippen LogP) is 4.71. The van der Waals surface area contributed by atoms with E-state index in [0.29, 0.717) is 6.42 Å². The van der Waals surface area contributed by atoms with Crippen molar-refractivity contribution in [2.45, 2.75) is 50.6 Å². The van der Waals surface area contributed by atoms with Crippen LogP contribution in [0.25, 0.3) is 11.1 Å². The van der Waals surface area contributed by atoms with Crippen molar-refractivity contribution in [1.82, 2.24) is 5.32 Å². The van der Waals surface area contributed by atoms with Crippen molar-refractivity contribution in [2.24, 2.45) is 0 Å². The number of carbonyl (C=O) groups excluding carboxylic acids is 1. The lowest BCUT2D eigenvalue weighted by Crippen LogP contribution is -2.48. The third kappa shape index (κ3) is 4.70. The standard InChI is InChI=1S/C22H27NO2/c1-25-21(24)16-22(14-6-3-7-15-22)23-17-18-10-12-20(13-11-18)19-8-4-2-5-9-19/h2,4-5,8-13,23H,3,6-7,14-17H2,1H3. The smallest absolute Gasteiger partial charge is 0.307 e. The molecule has 3 heteroatoms. The van der Waals surface area contributed by atoms with Crippen molar-refractivity contribution < 1.29 is 9.53 Å². The van der Waals surface area contributed by atoms with Crippen molar-refractivity contribution in [3.63, 3.8) is 0 Å². The Bertz CT molecular complexity index is 673. The first-order chi connectivity index (χ1) is 12.2. The fourth-order valence-corrected chi connectivity index (χ4v) is 3.73. The summed E-state index contributed by atoms with van der Waals surface area (Å²) in [6.07, 6.45) is 6.17. The lowest BCUT2D eigenvalue weighted by atomic mass is 9.79. The van der Waals surface area contributed by atoms with Crippen molar-refractivity contribution in [1.29, 1.82) is 0 Å². The first-order valence-electron chi connectivity index (χ1n) is 9.17. The van der Waals surface area contributed by atoms with Gasteiger partial charge in [-0.15, -0.1) is 0 Å². The molecule has 2 aromatic carbocycles. The van der Waals surface area contributed by atoms with Crippen LogP contribution in [-0.4, -0.2) is 18.6 Å². The number of carbonyl (C=O) groups is 1. The zero-order valence-corrected chi connectivity index (χ0v) is 15.0. The first-order valence-corrected chi connectivity index (χ1v) is 9.17. The molecule has 0 heterocycles. The number of hydrogen-bond acceptors (Lipinski definition) is 3. The molecule has 0 bridgehead atoms. The van der Waals surface area contributed by atoms with E-state index in [1.54, 1.807) is 0 Å². The van der Waals surface area contributed by atoms with Gasteiger partial charge in [-0.25, -0.2) is 0 Å². The summed E-state index contributed by atoms with van der Waals surface area (Å²) in [5.74, 6) is -0.117. The fraction of sp³-hybridized carbons (Fsp3) is 0.409. The molecule has 0 unspecified atom stereocenters. The summed E-state index contributed by atoms with van der Waals surface area (Å²) >= 11 is 0. The van der Waals surface area contributed by atoms with Crippen LogP contribution in [0.5, 0.6) is 0 Å². The van der Waals surface area contributed by atoms with Crippen LogP contribution < -0.4 is 5.32 Å². The maximum atomic E-state index is 11.8. The second-order valence-electron chi connectivity index (χ2n) is 7.01. The summed E-state index contributed by atoms with van der Waals surface area (Å²) in [5.41, 5.74) is 3.60. The number of ether oxygens (including phenoxy) is 1. The molecule has 1 saturated carbocycles. The van der Waals surface area contributed by atoms with Crippen molar-refractivity contribution in [2.75, 3.05) is 7.11 Å². The number of nitrogens with one attached hydrogen (secondary N) is 1. The van der Waals surface area contributed by atoms with E-state index in [1.807, 2.05) is 6.07 Å². The van der Waals surface area contributed by atoms with Gasteiger partial charge in [-0.05, 0) is 29.5 Å². The second kappa shape index (κ2) is 8.30. The average Bonchev–Trinajstić information content (AvgIpc) is 2.68. The SMILES string of the molecule is COC(=O)CC1(NCc2ccc(-c3ccccc3)cc2)CCCCC1. The van der Waals surface area contributed by atoms with E-state index in [9.17, 15) is 4.79 Å². The van der Waals surface area contributed by atoms with Gasteiger partial charge in [0.25, 0.3) is 0 Å². The Labute approximate surface area is 150 Å². The molecule has 0 amide bonds. The summed E-state index contributed by atoms with van der Waals surface area (Å²) < 4.78 is 4.92. The van der Waals surface area contributed by atoms with E-state index in [4.69, 9.17) is 4.74 Å². The molecule has 1 fully saturated rings. The number of methoxy groups -OCH3 is 1. The molecule has 1 N–H and O–H groups in total. The van der Waals surface area contributed by atoms with Crippen LogP contribution in [0.15, 0.2) is 54.6 Å². The van der Waals surface area contributed by atoms with Gasteiger partial charge in [-0.3, -0.25) is 4.79 Å². The second-order valence-corrected chi connectivity index (χ2v) is 7.01. The van der Waals surface area contributed by atoms with Crippen LogP contribution in [0.3, 0.4) is 0 Å². The van der Waals surface area contributed by atoms with Gasteiger partial charge in [0, 0.05) is 12.1 Å². The molecule has 25 heavy (non-hydrogen) atoms. The number of rotatable bonds is 6. The normalized spacial score (nSPS) is 16.4. The Morgan fingerprint density at radius 2 is 1.60 bits per heavy atom. The molecule has 0 saturated heterocycles. The Morgan fingerprint density at radius 1 is 0.960 bits per heavy atom. The zero-order valence-electron chi connectivity index (χ0n) is 15.0. The molecule has 3 nitrogen and oxygen atoms in total. The van der Waals surface area contributed by atoms with E-state index in [0.717, 1.165) is 19.4 Å². The van der Waals surface area contributed by atoms with Gasteiger partial charge < -0.3 is 10.1 Å². The van der Waals surface area contributed by atoms with Crippen molar-refractivity contribution in [3.8, 4) is 11.1 Å². The lowest BCUT2D eigenvalue weighted by molar-refractivity contribution is -0.142. The first kappa shape index (κ1) is 17.7. The molecule has 0 atom stereocenters. The quantitative estimate of drug-likeness (QED) is 0.776. The third-order valence-electron chi connectivity index (χ3n) is 5.25. The molecule has 2 aromatic rings. The molecule has 1 aliphatic carbocycles. The van der Waals surface area contributed by atoms with Crippen LogP contribution in [0.1, 0.15) is 44.1 Å². The predicted molar refractivity (Wildman–Crippen MR) is 101 cm³/mol. The largest absolute Gasteiger partial charge is 0.469 e. The summed E-state index contributed by atoms with van der Waals surface area (Å²) in [7, 11) is 1.47. The Hall–Kier alpha value is -2.13. The number of hydrogen-bond donors (Lipinski definition) is 1. The van der Waals surface area contributed by atoms with Gasteiger partial charge >= 0.3 is 5.97 Å². The monoisotopic (exact) mass is 337 g/mol. The van der Waals surface area contributed by atoms with Crippen LogP contribution in [0, 0.1) is 0 Å². The highest BCUT2D eigenvalue weighted by Gasteiger charge is 2.34. The summed E-state index contributed by atoms with van der Waals surface area (Å²) in [6.45, 7) is 0.784. The molecule has 0 aliphatic heterocycles. The van der Waals surface area contributed by atoms with E-state index in [1.165, 1.54) is 43.1 Å². The summed E-state index contributed by atoms with van der Waals surface area (Å²) in [4.78, 5) is 11.8. The molecule has 0 aromatic heterocycles. The summed E-state index contributed by atoms with van der Waals surface area (Å²) in [6, 6.07) is 19.1. The van der Waals surface area contributed by atoms with E-state index in [2.05, 4.69) is 53.8 Å². The molecule has 132 valence electrons. The Balaban J connectivity index is 1.65. The van der Waals surface area contributed by atoms with Gasteiger partial charge in [0.1, 0.15) is 0 Å². The Morgan fingerprint density at radius 3 is 2.24 bits per heavy atom. The lowest BCUT2D eigenvalue weighted by Gasteiger charge is -2.37. The topological polar surface area (TPSA) is 38.3 Å². The van der Waals surface area contributed by atoms with E-state index >= 15 is 0 Å². The molecular weight excluding hydrogens is 310 g/mol. The van der Waals surface area contributed by atoms with Gasteiger partial charge in [0.15, 0.2) is 0 Å². The minimum Gasteiger partial charge on any atom is -0.469 e. The fourth-order valence-electron chi connectivity index (χ4n) is 3.73. The molecule has 1 aliphatic rings. The maximum absolute atomic E-state index is 11.8.